The van der Waals surface area contributed by atoms with Gasteiger partial charge in [0.2, 0.25) is 0 Å². The number of rotatable bonds is 6. The van der Waals surface area contributed by atoms with Crippen LogP contribution in [0.2, 0.25) is 0 Å². The second-order valence-corrected chi connectivity index (χ2v) is 5.77. The first kappa shape index (κ1) is 14.2. The zero-order valence-corrected chi connectivity index (χ0v) is 13.0. The summed E-state index contributed by atoms with van der Waals surface area (Å²) in [7, 11) is 2.02. The van der Waals surface area contributed by atoms with Crippen molar-refractivity contribution in [1.82, 2.24) is 9.36 Å². The number of nitrogens with two attached hydrogens (primary N) is 1. The number of thiazole rings is 1. The third-order valence-electron chi connectivity index (χ3n) is 2.66. The summed E-state index contributed by atoms with van der Waals surface area (Å²) in [6, 6.07) is 0. The monoisotopic (exact) mass is 298 g/mol. The van der Waals surface area contributed by atoms with Crippen LogP contribution in [0.25, 0.3) is 10.6 Å². The summed E-state index contributed by atoms with van der Waals surface area (Å²) in [5.41, 5.74) is 7.94. The van der Waals surface area contributed by atoms with Crippen molar-refractivity contribution in [3.8, 4) is 10.6 Å². The zero-order chi connectivity index (χ0) is 13.8. The third kappa shape index (κ3) is 3.23. The molecule has 0 radical (unpaired) electrons. The first-order valence-corrected chi connectivity index (χ1v) is 7.75. The van der Waals surface area contributed by atoms with Crippen molar-refractivity contribution in [2.75, 3.05) is 37.4 Å². The molecule has 2 aromatic rings. The van der Waals surface area contributed by atoms with Crippen molar-refractivity contribution in [2.24, 2.45) is 0 Å². The van der Waals surface area contributed by atoms with E-state index in [-0.39, 0.29) is 0 Å². The molecule has 0 unspecified atom stereocenters. The SMILES string of the molecule is CCOCCN(C)c1snc(N)c1-c1nc(C)cs1. The van der Waals surface area contributed by atoms with Crippen LogP contribution in [0, 0.1) is 6.92 Å². The van der Waals surface area contributed by atoms with Crippen molar-refractivity contribution >= 4 is 33.7 Å². The van der Waals surface area contributed by atoms with E-state index >= 15 is 0 Å². The Labute approximate surface area is 121 Å². The van der Waals surface area contributed by atoms with E-state index < -0.39 is 0 Å². The van der Waals surface area contributed by atoms with Gasteiger partial charge in [-0.3, -0.25) is 0 Å². The van der Waals surface area contributed by atoms with Gasteiger partial charge in [0.15, 0.2) is 0 Å². The van der Waals surface area contributed by atoms with Crippen LogP contribution in [0.5, 0.6) is 0 Å². The Kier molecular flexibility index (Phi) is 4.73. The van der Waals surface area contributed by atoms with E-state index in [4.69, 9.17) is 10.5 Å². The van der Waals surface area contributed by atoms with Crippen molar-refractivity contribution in [3.05, 3.63) is 11.1 Å². The molecule has 2 aromatic heterocycles. The Morgan fingerprint density at radius 1 is 1.47 bits per heavy atom. The molecular formula is C12H18N4OS2. The summed E-state index contributed by atoms with van der Waals surface area (Å²) < 4.78 is 9.64. The molecule has 0 aliphatic heterocycles. The number of hydrogen-bond donors (Lipinski definition) is 1. The lowest BCUT2D eigenvalue weighted by molar-refractivity contribution is 0.154. The Morgan fingerprint density at radius 3 is 2.89 bits per heavy atom. The minimum atomic E-state index is 0.553. The van der Waals surface area contributed by atoms with Gasteiger partial charge in [0, 0.05) is 31.3 Å². The molecule has 0 fully saturated rings. The second kappa shape index (κ2) is 6.31. The molecule has 0 aliphatic rings. The molecule has 0 spiro atoms. The van der Waals surface area contributed by atoms with E-state index in [0.29, 0.717) is 12.4 Å². The number of aryl methyl sites for hydroxylation is 1. The molecule has 2 rings (SSSR count). The van der Waals surface area contributed by atoms with Gasteiger partial charge in [-0.2, -0.15) is 4.37 Å². The Morgan fingerprint density at radius 2 is 2.26 bits per heavy atom. The van der Waals surface area contributed by atoms with Gasteiger partial charge in [-0.15, -0.1) is 11.3 Å². The maximum absolute atomic E-state index is 5.98. The van der Waals surface area contributed by atoms with Crippen molar-refractivity contribution in [1.29, 1.82) is 0 Å². The molecule has 0 bridgehead atoms. The molecule has 0 saturated carbocycles. The third-order valence-corrected chi connectivity index (χ3v) is 4.61. The molecule has 0 atom stereocenters. The van der Waals surface area contributed by atoms with Crippen LogP contribution in [-0.2, 0) is 4.74 Å². The number of nitrogens with zero attached hydrogens (tertiary/aromatic N) is 3. The summed E-state index contributed by atoms with van der Waals surface area (Å²) in [4.78, 5) is 6.62. The molecule has 7 heteroatoms. The Hall–Kier alpha value is -1.18. The molecule has 0 saturated heterocycles. The molecule has 0 amide bonds. The highest BCUT2D eigenvalue weighted by atomic mass is 32.1. The van der Waals surface area contributed by atoms with Crippen LogP contribution >= 0.6 is 22.9 Å². The summed E-state index contributed by atoms with van der Waals surface area (Å²) in [6.07, 6.45) is 0. The van der Waals surface area contributed by atoms with Crippen LogP contribution in [0.3, 0.4) is 0 Å². The largest absolute Gasteiger partial charge is 0.382 e. The van der Waals surface area contributed by atoms with Crippen LogP contribution in [0.15, 0.2) is 5.38 Å². The number of hydrogen-bond acceptors (Lipinski definition) is 7. The topological polar surface area (TPSA) is 64.3 Å². The van der Waals surface area contributed by atoms with E-state index in [1.54, 1.807) is 11.3 Å². The number of ether oxygens (including phenoxy) is 1. The average Bonchev–Trinajstić information content (AvgIpc) is 2.95. The molecule has 2 N–H and O–H groups in total. The fourth-order valence-corrected chi connectivity index (χ4v) is 3.39. The van der Waals surface area contributed by atoms with Gasteiger partial charge in [0.1, 0.15) is 15.8 Å². The second-order valence-electron chi connectivity index (χ2n) is 4.16. The highest BCUT2D eigenvalue weighted by Crippen LogP contribution is 2.39. The quantitative estimate of drug-likeness (QED) is 0.831. The lowest BCUT2D eigenvalue weighted by Gasteiger charge is -2.17. The molecule has 5 nitrogen and oxygen atoms in total. The summed E-state index contributed by atoms with van der Waals surface area (Å²) in [5.74, 6) is 0.553. The van der Waals surface area contributed by atoms with Crippen LogP contribution < -0.4 is 10.6 Å². The van der Waals surface area contributed by atoms with E-state index in [1.165, 1.54) is 11.5 Å². The normalized spacial score (nSPS) is 10.9. The fraction of sp³-hybridized carbons (Fsp3) is 0.500. The first-order valence-electron chi connectivity index (χ1n) is 6.10. The lowest BCUT2D eigenvalue weighted by atomic mass is 10.3. The summed E-state index contributed by atoms with van der Waals surface area (Å²) in [6.45, 7) is 6.22. The molecule has 19 heavy (non-hydrogen) atoms. The molecule has 104 valence electrons. The average molecular weight is 298 g/mol. The Balaban J connectivity index is 2.22. The van der Waals surface area contributed by atoms with Gasteiger partial charge in [-0.05, 0) is 25.4 Å². The van der Waals surface area contributed by atoms with Crippen LogP contribution in [0.1, 0.15) is 12.6 Å². The van der Waals surface area contributed by atoms with Crippen molar-refractivity contribution in [2.45, 2.75) is 13.8 Å². The molecular weight excluding hydrogens is 280 g/mol. The summed E-state index contributed by atoms with van der Waals surface area (Å²) in [5, 5.41) is 4.00. The van der Waals surface area contributed by atoms with Crippen molar-refractivity contribution in [3.63, 3.8) is 0 Å². The van der Waals surface area contributed by atoms with E-state index in [9.17, 15) is 0 Å². The zero-order valence-electron chi connectivity index (χ0n) is 11.3. The van der Waals surface area contributed by atoms with Gasteiger partial charge in [0.05, 0.1) is 12.2 Å². The lowest BCUT2D eigenvalue weighted by Crippen LogP contribution is -2.22. The fourth-order valence-electron chi connectivity index (χ4n) is 1.67. The van der Waals surface area contributed by atoms with Gasteiger partial charge in [-0.25, -0.2) is 4.98 Å². The predicted octanol–water partition coefficient (Wildman–Crippen LogP) is 2.63. The number of likely N-dealkylation sites (N-methyl/N-ethyl adjacent to an activating group) is 1. The van der Waals surface area contributed by atoms with Crippen LogP contribution in [-0.4, -0.2) is 36.2 Å². The summed E-state index contributed by atoms with van der Waals surface area (Å²) >= 11 is 3.01. The smallest absolute Gasteiger partial charge is 0.149 e. The first-order chi connectivity index (χ1) is 9.13. The molecule has 0 aliphatic carbocycles. The number of aromatic nitrogens is 2. The molecule has 2 heterocycles. The standard InChI is InChI=1S/C12H18N4OS2/c1-4-17-6-5-16(3)12-9(10(13)15-19-12)11-14-8(2)7-18-11/h7H,4-6H2,1-3H3,(H2,13,15). The predicted molar refractivity (Wildman–Crippen MR) is 82.1 cm³/mol. The van der Waals surface area contributed by atoms with E-state index in [0.717, 1.165) is 34.4 Å². The van der Waals surface area contributed by atoms with Gasteiger partial charge < -0.3 is 15.4 Å². The van der Waals surface area contributed by atoms with E-state index in [2.05, 4.69) is 14.3 Å². The minimum Gasteiger partial charge on any atom is -0.382 e. The minimum absolute atomic E-state index is 0.553. The van der Waals surface area contributed by atoms with Gasteiger partial charge >= 0.3 is 0 Å². The maximum atomic E-state index is 5.98. The number of nitrogen functional groups attached to an aromatic ring is 1. The van der Waals surface area contributed by atoms with Gasteiger partial charge in [-0.1, -0.05) is 0 Å². The highest BCUT2D eigenvalue weighted by molar-refractivity contribution is 7.15. The Bertz CT molecular complexity index is 538. The van der Waals surface area contributed by atoms with Crippen molar-refractivity contribution < 1.29 is 4.74 Å². The van der Waals surface area contributed by atoms with Crippen LogP contribution in [0.4, 0.5) is 10.8 Å². The number of anilines is 2. The molecule has 0 aromatic carbocycles. The van der Waals surface area contributed by atoms with Gasteiger partial charge in [0.25, 0.3) is 0 Å². The highest BCUT2D eigenvalue weighted by Gasteiger charge is 2.19. The maximum Gasteiger partial charge on any atom is 0.149 e. The van der Waals surface area contributed by atoms with E-state index in [1.807, 2.05) is 26.3 Å².